The van der Waals surface area contributed by atoms with Crippen LogP contribution in [0.25, 0.3) is 49.4 Å². The van der Waals surface area contributed by atoms with E-state index < -0.39 is 0 Å². The fourth-order valence-corrected chi connectivity index (χ4v) is 7.54. The van der Waals surface area contributed by atoms with Crippen molar-refractivity contribution in [3.8, 4) is 5.69 Å². The minimum Gasteiger partial charge on any atom is -0.456 e. The Labute approximate surface area is 199 Å². The van der Waals surface area contributed by atoms with E-state index in [9.17, 15) is 0 Å². The standard InChI is InChI=1S/C30H16BNOS/c1-3-12-23-19(7-1)27-24(33-23)16-15-18-17-8-5-10-21-29(17)32(30(18)27)22-11-6-14-26-28(22)31(21)20-9-2-4-13-25(20)34-26/h1-16H. The molecule has 0 fully saturated rings. The van der Waals surface area contributed by atoms with E-state index in [2.05, 4.69) is 95.6 Å². The van der Waals surface area contributed by atoms with Crippen LogP contribution in [0.3, 0.4) is 0 Å². The van der Waals surface area contributed by atoms with E-state index in [1.165, 1.54) is 64.4 Å². The summed E-state index contributed by atoms with van der Waals surface area (Å²) in [6, 6.07) is 35.4. The van der Waals surface area contributed by atoms with Crippen LogP contribution in [0.1, 0.15) is 0 Å². The summed E-state index contributed by atoms with van der Waals surface area (Å²) in [5.41, 5.74) is 9.98. The first-order valence-electron chi connectivity index (χ1n) is 11.7. The van der Waals surface area contributed by atoms with E-state index in [-0.39, 0.29) is 6.71 Å². The van der Waals surface area contributed by atoms with Crippen molar-refractivity contribution in [3.05, 3.63) is 97.1 Å². The van der Waals surface area contributed by atoms with Crippen molar-refractivity contribution in [2.24, 2.45) is 0 Å². The van der Waals surface area contributed by atoms with Gasteiger partial charge in [0.15, 0.2) is 0 Å². The van der Waals surface area contributed by atoms with Crippen LogP contribution in [-0.4, -0.2) is 11.3 Å². The van der Waals surface area contributed by atoms with E-state index in [1.807, 2.05) is 17.8 Å². The van der Waals surface area contributed by atoms with Crippen LogP contribution in [0.2, 0.25) is 0 Å². The summed E-state index contributed by atoms with van der Waals surface area (Å²) in [7, 11) is 0. The second-order valence-electron chi connectivity index (χ2n) is 9.27. The number of aromatic nitrogens is 1. The Morgan fingerprint density at radius 1 is 0.588 bits per heavy atom. The molecular weight excluding hydrogens is 433 g/mol. The Bertz CT molecular complexity index is 2010. The predicted molar refractivity (Wildman–Crippen MR) is 143 cm³/mol. The van der Waals surface area contributed by atoms with Crippen LogP contribution in [0, 0.1) is 0 Å². The topological polar surface area (TPSA) is 18.1 Å². The number of fused-ring (bicyclic) bond motifs is 11. The fraction of sp³-hybridized carbons (Fsp3) is 0. The summed E-state index contributed by atoms with van der Waals surface area (Å²) in [5, 5.41) is 4.98. The Morgan fingerprint density at radius 3 is 2.35 bits per heavy atom. The van der Waals surface area contributed by atoms with Gasteiger partial charge in [-0.3, -0.25) is 0 Å². The average Bonchev–Trinajstić information content (AvgIpc) is 3.43. The third kappa shape index (κ3) is 1.94. The smallest absolute Gasteiger partial charge is 0.249 e. The Balaban J connectivity index is 1.57. The highest BCUT2D eigenvalue weighted by Crippen LogP contribution is 2.42. The third-order valence-corrected chi connectivity index (χ3v) is 8.82. The summed E-state index contributed by atoms with van der Waals surface area (Å²) >= 11 is 1.90. The summed E-state index contributed by atoms with van der Waals surface area (Å²) in [6.07, 6.45) is 0. The molecule has 0 amide bonds. The molecule has 0 N–H and O–H groups in total. The van der Waals surface area contributed by atoms with Gasteiger partial charge in [-0.15, -0.1) is 0 Å². The maximum atomic E-state index is 6.30. The van der Waals surface area contributed by atoms with Gasteiger partial charge < -0.3 is 8.98 Å². The van der Waals surface area contributed by atoms with Crippen molar-refractivity contribution in [2.75, 3.05) is 0 Å². The average molecular weight is 449 g/mol. The molecule has 2 aliphatic rings. The quantitative estimate of drug-likeness (QED) is 0.265. The monoisotopic (exact) mass is 449 g/mol. The Hall–Kier alpha value is -3.89. The summed E-state index contributed by atoms with van der Waals surface area (Å²) in [6.45, 7) is 0.251. The van der Waals surface area contributed by atoms with Gasteiger partial charge in [0.05, 0.1) is 10.9 Å². The molecule has 2 aromatic heterocycles. The number of nitrogens with zero attached hydrogens (tertiary/aromatic N) is 1. The normalized spacial score (nSPS) is 13.7. The van der Waals surface area contributed by atoms with Crippen LogP contribution >= 0.6 is 11.8 Å². The Kier molecular flexibility index (Phi) is 3.08. The van der Waals surface area contributed by atoms with Gasteiger partial charge in [-0.25, -0.2) is 0 Å². The highest BCUT2D eigenvalue weighted by molar-refractivity contribution is 8.00. The van der Waals surface area contributed by atoms with Gasteiger partial charge in [-0.05, 0) is 47.3 Å². The summed E-state index contributed by atoms with van der Waals surface area (Å²) in [5.74, 6) is 0. The first kappa shape index (κ1) is 17.6. The minimum atomic E-state index is 0.251. The predicted octanol–water partition coefficient (Wildman–Crippen LogP) is 5.98. The van der Waals surface area contributed by atoms with Crippen molar-refractivity contribution in [3.63, 3.8) is 0 Å². The van der Waals surface area contributed by atoms with E-state index >= 15 is 0 Å². The van der Waals surface area contributed by atoms with E-state index in [1.54, 1.807) is 0 Å². The molecule has 7 aromatic rings. The van der Waals surface area contributed by atoms with Gasteiger partial charge in [0, 0.05) is 37.2 Å². The van der Waals surface area contributed by atoms with E-state index in [0.29, 0.717) is 0 Å². The lowest BCUT2D eigenvalue weighted by Crippen LogP contribution is -2.58. The maximum Gasteiger partial charge on any atom is 0.249 e. The number of furan rings is 1. The van der Waals surface area contributed by atoms with Crippen LogP contribution in [0.5, 0.6) is 0 Å². The molecule has 0 saturated carbocycles. The zero-order valence-electron chi connectivity index (χ0n) is 18.1. The Morgan fingerprint density at radius 2 is 1.35 bits per heavy atom. The fourth-order valence-electron chi connectivity index (χ4n) is 6.38. The zero-order chi connectivity index (χ0) is 22.0. The lowest BCUT2D eigenvalue weighted by molar-refractivity contribution is 0.669. The van der Waals surface area contributed by atoms with E-state index in [0.717, 1.165) is 11.2 Å². The van der Waals surface area contributed by atoms with Gasteiger partial charge >= 0.3 is 0 Å². The number of benzene rings is 5. The molecule has 34 heavy (non-hydrogen) atoms. The molecule has 0 bridgehead atoms. The largest absolute Gasteiger partial charge is 0.456 e. The molecule has 4 heteroatoms. The highest BCUT2D eigenvalue weighted by atomic mass is 32.2. The molecular formula is C30H16BNOS. The molecule has 2 aliphatic heterocycles. The van der Waals surface area contributed by atoms with Crippen molar-refractivity contribution in [1.29, 1.82) is 0 Å². The van der Waals surface area contributed by atoms with Gasteiger partial charge in [0.2, 0.25) is 6.71 Å². The number of rotatable bonds is 0. The highest BCUT2D eigenvalue weighted by Gasteiger charge is 2.39. The maximum absolute atomic E-state index is 6.30. The van der Waals surface area contributed by atoms with Crippen LogP contribution < -0.4 is 16.4 Å². The molecule has 156 valence electrons. The molecule has 0 unspecified atom stereocenters. The summed E-state index contributed by atoms with van der Waals surface area (Å²) < 4.78 is 8.82. The molecule has 0 atom stereocenters. The second-order valence-corrected chi connectivity index (χ2v) is 10.4. The molecule has 0 saturated heterocycles. The number of hydrogen-bond acceptors (Lipinski definition) is 2. The molecule has 0 spiro atoms. The molecule has 0 radical (unpaired) electrons. The van der Waals surface area contributed by atoms with Crippen molar-refractivity contribution in [2.45, 2.75) is 9.79 Å². The van der Waals surface area contributed by atoms with Gasteiger partial charge in [0.1, 0.15) is 11.2 Å². The molecule has 4 heterocycles. The molecule has 5 aromatic carbocycles. The van der Waals surface area contributed by atoms with Gasteiger partial charge in [-0.1, -0.05) is 77.9 Å². The minimum absolute atomic E-state index is 0.251. The zero-order valence-corrected chi connectivity index (χ0v) is 18.9. The molecule has 0 aliphatic carbocycles. The van der Waals surface area contributed by atoms with Gasteiger partial charge in [0.25, 0.3) is 0 Å². The molecule has 2 nitrogen and oxygen atoms in total. The second kappa shape index (κ2) is 5.96. The van der Waals surface area contributed by atoms with Crippen LogP contribution in [-0.2, 0) is 0 Å². The van der Waals surface area contributed by atoms with Crippen LogP contribution in [0.4, 0.5) is 0 Å². The lowest BCUT2D eigenvalue weighted by Gasteiger charge is -2.33. The van der Waals surface area contributed by atoms with Crippen molar-refractivity contribution in [1.82, 2.24) is 4.57 Å². The number of hydrogen-bond donors (Lipinski definition) is 0. The number of para-hydroxylation sites is 2. The lowest BCUT2D eigenvalue weighted by atomic mass is 9.35. The molecule has 9 rings (SSSR count). The SMILES string of the molecule is c1ccc2c(c1)Sc1cccc3c1B2c1cccc2c4ccc5oc6ccccc6c5c4n-3c12. The van der Waals surface area contributed by atoms with Crippen molar-refractivity contribution >= 4 is 78.6 Å². The van der Waals surface area contributed by atoms with Crippen LogP contribution in [0.15, 0.2) is 111 Å². The first-order chi connectivity index (χ1) is 16.9. The van der Waals surface area contributed by atoms with Gasteiger partial charge in [-0.2, -0.15) is 0 Å². The third-order valence-electron chi connectivity index (χ3n) is 7.65. The van der Waals surface area contributed by atoms with Crippen molar-refractivity contribution < 1.29 is 4.42 Å². The van der Waals surface area contributed by atoms with E-state index in [4.69, 9.17) is 4.42 Å². The first-order valence-corrected chi connectivity index (χ1v) is 12.5. The summed E-state index contributed by atoms with van der Waals surface area (Å²) in [4.78, 5) is 2.72.